The molecule has 3 rings (SSSR count). The molecule has 1 fully saturated rings. The lowest BCUT2D eigenvalue weighted by atomic mass is 9.95. The van der Waals surface area contributed by atoms with Gasteiger partial charge in [-0.15, -0.1) is 24.0 Å². The lowest BCUT2D eigenvalue weighted by Crippen LogP contribution is -2.41. The van der Waals surface area contributed by atoms with E-state index in [1.807, 2.05) is 12.1 Å². The summed E-state index contributed by atoms with van der Waals surface area (Å²) in [5.74, 6) is 0.672. The largest absolute Gasteiger partial charge is 0.357 e. The summed E-state index contributed by atoms with van der Waals surface area (Å²) in [5.41, 5.74) is 3.22. The van der Waals surface area contributed by atoms with Gasteiger partial charge in [-0.1, -0.05) is 42.5 Å². The molecule has 0 amide bonds. The Morgan fingerprint density at radius 3 is 2.31 bits per heavy atom. The molecule has 1 saturated carbocycles. The summed E-state index contributed by atoms with van der Waals surface area (Å²) in [6.45, 7) is 5.05. The number of hydrogen-bond donors (Lipinski definition) is 2. The number of halogens is 2. The van der Waals surface area contributed by atoms with Crippen molar-refractivity contribution >= 4 is 29.9 Å². The topological polar surface area (TPSA) is 39.7 Å². The SMILES string of the molecule is CCNC(=NCc1ccccc1CN(C)C)NCC1(c2ccccc2F)CC1.I. The second-order valence-electron chi connectivity index (χ2n) is 7.82. The molecule has 2 aromatic carbocycles. The Balaban J connectivity index is 0.00000300. The molecule has 0 bridgehead atoms. The van der Waals surface area contributed by atoms with Gasteiger partial charge >= 0.3 is 0 Å². The van der Waals surface area contributed by atoms with Crippen LogP contribution in [0.2, 0.25) is 0 Å². The van der Waals surface area contributed by atoms with Crippen LogP contribution in [0, 0.1) is 5.82 Å². The number of nitrogens with one attached hydrogen (secondary N) is 2. The third-order valence-corrected chi connectivity index (χ3v) is 5.25. The third kappa shape index (κ3) is 6.40. The summed E-state index contributed by atoms with van der Waals surface area (Å²) < 4.78 is 14.2. The molecule has 6 heteroatoms. The standard InChI is InChI=1S/C23H31FN4.HI/c1-4-25-22(26-15-18-9-5-6-10-19(18)16-28(2)3)27-17-23(13-14-23)20-11-7-8-12-21(20)24;/h5-12H,4,13-17H2,1-3H3,(H2,25,26,27);1H. The number of hydrogen-bond acceptors (Lipinski definition) is 2. The maximum Gasteiger partial charge on any atom is 0.191 e. The Bertz CT molecular complexity index is 818. The molecule has 0 spiro atoms. The quantitative estimate of drug-likeness (QED) is 0.316. The van der Waals surface area contributed by atoms with Crippen LogP contribution >= 0.6 is 24.0 Å². The van der Waals surface area contributed by atoms with Gasteiger partial charge in [0.25, 0.3) is 0 Å². The summed E-state index contributed by atoms with van der Waals surface area (Å²) in [4.78, 5) is 6.94. The molecule has 0 atom stereocenters. The lowest BCUT2D eigenvalue weighted by molar-refractivity contribution is 0.401. The predicted octanol–water partition coefficient (Wildman–Crippen LogP) is 4.29. The van der Waals surface area contributed by atoms with E-state index in [-0.39, 0.29) is 35.2 Å². The molecular weight excluding hydrogens is 478 g/mol. The van der Waals surface area contributed by atoms with Gasteiger partial charge in [0.1, 0.15) is 5.82 Å². The highest BCUT2D eigenvalue weighted by molar-refractivity contribution is 14.0. The van der Waals surface area contributed by atoms with Gasteiger partial charge in [-0.3, -0.25) is 0 Å². The summed E-state index contributed by atoms with van der Waals surface area (Å²) in [5, 5.41) is 6.76. The smallest absolute Gasteiger partial charge is 0.191 e. The van der Waals surface area contributed by atoms with E-state index in [0.29, 0.717) is 13.1 Å². The van der Waals surface area contributed by atoms with Gasteiger partial charge in [0, 0.05) is 25.0 Å². The molecule has 0 aliphatic heterocycles. The minimum Gasteiger partial charge on any atom is -0.357 e. The van der Waals surface area contributed by atoms with Crippen molar-refractivity contribution in [3.05, 3.63) is 71.0 Å². The molecule has 0 saturated heterocycles. The summed E-state index contributed by atoms with van der Waals surface area (Å²) >= 11 is 0. The molecule has 158 valence electrons. The van der Waals surface area contributed by atoms with Gasteiger partial charge in [-0.25, -0.2) is 9.38 Å². The molecule has 1 aliphatic rings. The first kappa shape index (κ1) is 23.6. The third-order valence-electron chi connectivity index (χ3n) is 5.25. The van der Waals surface area contributed by atoms with Crippen molar-refractivity contribution in [3.63, 3.8) is 0 Å². The monoisotopic (exact) mass is 510 g/mol. The van der Waals surface area contributed by atoms with E-state index in [2.05, 4.69) is 60.8 Å². The Hall–Kier alpha value is -1.67. The molecule has 29 heavy (non-hydrogen) atoms. The first-order valence-corrected chi connectivity index (χ1v) is 10.0. The first-order chi connectivity index (χ1) is 13.5. The van der Waals surface area contributed by atoms with Crippen LogP contribution < -0.4 is 10.6 Å². The number of nitrogens with zero attached hydrogens (tertiary/aromatic N) is 2. The van der Waals surface area contributed by atoms with Crippen LogP contribution in [0.25, 0.3) is 0 Å². The maximum atomic E-state index is 14.2. The van der Waals surface area contributed by atoms with Crippen molar-refractivity contribution in [2.45, 2.75) is 38.3 Å². The molecule has 1 aliphatic carbocycles. The minimum absolute atomic E-state index is 0. The van der Waals surface area contributed by atoms with Crippen molar-refractivity contribution in [1.29, 1.82) is 0 Å². The average Bonchev–Trinajstić information content (AvgIpc) is 3.46. The van der Waals surface area contributed by atoms with Gasteiger partial charge in [-0.2, -0.15) is 0 Å². The average molecular weight is 510 g/mol. The van der Waals surface area contributed by atoms with E-state index < -0.39 is 0 Å². The van der Waals surface area contributed by atoms with E-state index >= 15 is 0 Å². The van der Waals surface area contributed by atoms with Gasteiger partial charge in [-0.05, 0) is 56.6 Å². The zero-order valence-corrected chi connectivity index (χ0v) is 19.9. The molecule has 4 nitrogen and oxygen atoms in total. The summed E-state index contributed by atoms with van der Waals surface area (Å²) in [6.07, 6.45) is 2.01. The number of rotatable bonds is 8. The van der Waals surface area contributed by atoms with E-state index in [1.165, 1.54) is 11.1 Å². The number of benzene rings is 2. The van der Waals surface area contributed by atoms with E-state index in [1.54, 1.807) is 12.1 Å². The Labute approximate surface area is 191 Å². The van der Waals surface area contributed by atoms with Crippen molar-refractivity contribution in [2.75, 3.05) is 27.2 Å². The van der Waals surface area contributed by atoms with Gasteiger partial charge in [0.15, 0.2) is 5.96 Å². The highest BCUT2D eigenvalue weighted by atomic mass is 127. The maximum absolute atomic E-state index is 14.2. The van der Waals surface area contributed by atoms with Gasteiger partial charge in [0.05, 0.1) is 6.54 Å². The van der Waals surface area contributed by atoms with E-state index in [4.69, 9.17) is 4.99 Å². The molecule has 0 aromatic heterocycles. The van der Waals surface area contributed by atoms with Crippen LogP contribution in [0.15, 0.2) is 53.5 Å². The number of aliphatic imine (C=N–C) groups is 1. The van der Waals surface area contributed by atoms with E-state index in [9.17, 15) is 4.39 Å². The molecular formula is C23H32FIN4. The fourth-order valence-corrected chi connectivity index (χ4v) is 3.55. The molecule has 0 unspecified atom stereocenters. The van der Waals surface area contributed by atoms with Crippen LogP contribution in [-0.2, 0) is 18.5 Å². The Kier molecular flexibility index (Phi) is 8.89. The molecule has 0 heterocycles. The second kappa shape index (κ2) is 10.9. The van der Waals surface area contributed by atoms with Crippen molar-refractivity contribution < 1.29 is 4.39 Å². The highest BCUT2D eigenvalue weighted by Gasteiger charge is 2.45. The fraction of sp³-hybridized carbons (Fsp3) is 0.435. The fourth-order valence-electron chi connectivity index (χ4n) is 3.55. The minimum atomic E-state index is -0.110. The van der Waals surface area contributed by atoms with Gasteiger partial charge in [0.2, 0.25) is 0 Å². The van der Waals surface area contributed by atoms with Crippen LogP contribution in [0.3, 0.4) is 0 Å². The Morgan fingerprint density at radius 1 is 1.03 bits per heavy atom. The molecule has 2 aromatic rings. The van der Waals surface area contributed by atoms with Crippen LogP contribution in [0.4, 0.5) is 4.39 Å². The second-order valence-corrected chi connectivity index (χ2v) is 7.82. The zero-order valence-electron chi connectivity index (χ0n) is 17.5. The Morgan fingerprint density at radius 2 is 1.69 bits per heavy atom. The highest BCUT2D eigenvalue weighted by Crippen LogP contribution is 2.48. The van der Waals surface area contributed by atoms with Crippen LogP contribution in [0.5, 0.6) is 0 Å². The summed E-state index contributed by atoms with van der Waals surface area (Å²) in [6, 6.07) is 15.5. The van der Waals surface area contributed by atoms with Crippen LogP contribution in [-0.4, -0.2) is 38.0 Å². The van der Waals surface area contributed by atoms with Crippen molar-refractivity contribution in [2.24, 2.45) is 4.99 Å². The number of guanidine groups is 1. The molecule has 2 N–H and O–H groups in total. The zero-order chi connectivity index (χ0) is 20.0. The first-order valence-electron chi connectivity index (χ1n) is 10.0. The van der Waals surface area contributed by atoms with E-state index in [0.717, 1.165) is 37.5 Å². The van der Waals surface area contributed by atoms with Crippen LogP contribution in [0.1, 0.15) is 36.5 Å². The van der Waals surface area contributed by atoms with Gasteiger partial charge < -0.3 is 15.5 Å². The van der Waals surface area contributed by atoms with Crippen molar-refractivity contribution in [1.82, 2.24) is 15.5 Å². The predicted molar refractivity (Wildman–Crippen MR) is 129 cm³/mol. The van der Waals surface area contributed by atoms with Crippen molar-refractivity contribution in [3.8, 4) is 0 Å². The lowest BCUT2D eigenvalue weighted by Gasteiger charge is -2.20. The normalized spacial score (nSPS) is 15.0. The molecule has 0 radical (unpaired) electrons. The summed E-state index contributed by atoms with van der Waals surface area (Å²) in [7, 11) is 4.15.